The molecule has 0 aliphatic rings. The summed E-state index contributed by atoms with van der Waals surface area (Å²) in [5, 5.41) is 5.93. The van der Waals surface area contributed by atoms with Gasteiger partial charge in [0, 0.05) is 47.5 Å². The third-order valence-corrected chi connectivity index (χ3v) is 5.16. The highest BCUT2D eigenvalue weighted by atomic mass is 19.1. The summed E-state index contributed by atoms with van der Waals surface area (Å²) in [5.41, 5.74) is 4.43. The van der Waals surface area contributed by atoms with E-state index < -0.39 is 0 Å². The van der Waals surface area contributed by atoms with E-state index in [1.165, 1.54) is 12.1 Å². The molecular weight excluding hydrogens is 367 g/mol. The van der Waals surface area contributed by atoms with E-state index in [4.69, 9.17) is 0 Å². The Bertz CT molecular complexity index is 1470. The van der Waals surface area contributed by atoms with Crippen molar-refractivity contribution in [1.29, 1.82) is 0 Å². The van der Waals surface area contributed by atoms with Crippen molar-refractivity contribution in [2.75, 3.05) is 0 Å². The molecule has 2 aromatic carbocycles. The Kier molecular flexibility index (Phi) is 3.81. The topological polar surface area (TPSA) is 52.7 Å². The molecule has 0 saturated carbocycles. The first-order valence-electron chi connectivity index (χ1n) is 9.21. The molecule has 142 valence electrons. The first-order chi connectivity index (χ1) is 14.0. The van der Waals surface area contributed by atoms with E-state index in [2.05, 4.69) is 10.1 Å². The molecule has 0 aliphatic heterocycles. The van der Waals surface area contributed by atoms with E-state index in [0.717, 1.165) is 32.9 Å². The van der Waals surface area contributed by atoms with Crippen LogP contribution in [0.3, 0.4) is 0 Å². The number of rotatable bonds is 2. The number of fused-ring (bicyclic) bond motifs is 3. The molecule has 6 heteroatoms. The van der Waals surface area contributed by atoms with Crippen molar-refractivity contribution in [1.82, 2.24) is 19.3 Å². The summed E-state index contributed by atoms with van der Waals surface area (Å²) in [4.78, 5) is 17.4. The third-order valence-electron chi connectivity index (χ3n) is 5.16. The fraction of sp³-hybridized carbons (Fsp3) is 0.0870. The minimum Gasteiger partial charge on any atom is -0.276 e. The van der Waals surface area contributed by atoms with Crippen molar-refractivity contribution >= 4 is 21.8 Å². The van der Waals surface area contributed by atoms with Gasteiger partial charge in [0.25, 0.3) is 5.56 Å². The van der Waals surface area contributed by atoms with Gasteiger partial charge in [0.05, 0.1) is 17.2 Å². The number of benzene rings is 2. The highest BCUT2D eigenvalue weighted by Crippen LogP contribution is 2.29. The minimum atomic E-state index is -0.299. The molecule has 3 heterocycles. The molecule has 0 radical (unpaired) electrons. The van der Waals surface area contributed by atoms with E-state index in [-0.39, 0.29) is 11.4 Å². The van der Waals surface area contributed by atoms with Crippen molar-refractivity contribution in [2.24, 2.45) is 7.05 Å². The molecule has 0 saturated heterocycles. The highest BCUT2D eigenvalue weighted by molar-refractivity contribution is 6.05. The van der Waals surface area contributed by atoms with Crippen LogP contribution in [0, 0.1) is 12.7 Å². The molecule has 5 aromatic rings. The first kappa shape index (κ1) is 17.3. The van der Waals surface area contributed by atoms with Crippen LogP contribution in [0.2, 0.25) is 0 Å². The summed E-state index contributed by atoms with van der Waals surface area (Å²) < 4.78 is 17.2. The summed E-state index contributed by atoms with van der Waals surface area (Å²) in [5.74, 6) is -0.299. The summed E-state index contributed by atoms with van der Waals surface area (Å²) in [6.07, 6.45) is 5.50. The van der Waals surface area contributed by atoms with Gasteiger partial charge in [-0.05, 0) is 54.4 Å². The Morgan fingerprint density at radius 3 is 2.59 bits per heavy atom. The second-order valence-electron chi connectivity index (χ2n) is 7.14. The van der Waals surface area contributed by atoms with Gasteiger partial charge in [0.15, 0.2) is 0 Å². The predicted octanol–water partition coefficient (Wildman–Crippen LogP) is 4.39. The standard InChI is InChI=1S/C23H17FN4O/c1-14-9-18(5-6-20(14)24)28-22(29)8-4-16-11-25-21-7-3-15(10-19(21)23(16)28)17-12-26-27(2)13-17/h3-13H,1-2H3. The smallest absolute Gasteiger partial charge is 0.255 e. The molecule has 0 amide bonds. The monoisotopic (exact) mass is 384 g/mol. The molecule has 0 aliphatic carbocycles. The average Bonchev–Trinajstić information content (AvgIpc) is 3.16. The number of pyridine rings is 2. The normalized spacial score (nSPS) is 11.4. The quantitative estimate of drug-likeness (QED) is 0.424. The lowest BCUT2D eigenvalue weighted by molar-refractivity contribution is 0.618. The van der Waals surface area contributed by atoms with Crippen LogP contribution in [0.5, 0.6) is 0 Å². The molecule has 0 unspecified atom stereocenters. The summed E-state index contributed by atoms with van der Waals surface area (Å²) in [7, 11) is 1.87. The predicted molar refractivity (Wildman–Crippen MR) is 112 cm³/mol. The molecule has 0 fully saturated rings. The van der Waals surface area contributed by atoms with Crippen LogP contribution in [-0.4, -0.2) is 19.3 Å². The zero-order chi connectivity index (χ0) is 20.1. The van der Waals surface area contributed by atoms with Crippen molar-refractivity contribution in [3.8, 4) is 16.8 Å². The lowest BCUT2D eigenvalue weighted by Gasteiger charge is -2.14. The summed E-state index contributed by atoms with van der Waals surface area (Å²) in [6, 6.07) is 13.9. The van der Waals surface area contributed by atoms with Gasteiger partial charge >= 0.3 is 0 Å². The number of hydrogen-bond donors (Lipinski definition) is 0. The van der Waals surface area contributed by atoms with E-state index in [9.17, 15) is 9.18 Å². The molecule has 3 aromatic heterocycles. The molecule has 0 atom stereocenters. The minimum absolute atomic E-state index is 0.178. The number of aromatic nitrogens is 4. The van der Waals surface area contributed by atoms with Gasteiger partial charge in [-0.25, -0.2) is 4.39 Å². The fourth-order valence-corrected chi connectivity index (χ4v) is 3.69. The van der Waals surface area contributed by atoms with Gasteiger partial charge in [0.2, 0.25) is 0 Å². The number of halogens is 1. The van der Waals surface area contributed by atoms with Gasteiger partial charge in [0.1, 0.15) is 5.82 Å². The van der Waals surface area contributed by atoms with E-state index in [1.807, 2.05) is 31.4 Å². The van der Waals surface area contributed by atoms with Gasteiger partial charge in [-0.2, -0.15) is 5.10 Å². The molecular formula is C23H17FN4O. The van der Waals surface area contributed by atoms with Crippen molar-refractivity contribution in [3.63, 3.8) is 0 Å². The van der Waals surface area contributed by atoms with Gasteiger partial charge in [-0.1, -0.05) is 6.07 Å². The summed E-state index contributed by atoms with van der Waals surface area (Å²) in [6.45, 7) is 1.69. The molecule has 5 rings (SSSR count). The van der Waals surface area contributed by atoms with Crippen LogP contribution in [0.4, 0.5) is 4.39 Å². The van der Waals surface area contributed by atoms with E-state index >= 15 is 0 Å². The number of nitrogens with zero attached hydrogens (tertiary/aromatic N) is 4. The lowest BCUT2D eigenvalue weighted by Crippen LogP contribution is -2.18. The maximum Gasteiger partial charge on any atom is 0.255 e. The van der Waals surface area contributed by atoms with Crippen LogP contribution in [0.1, 0.15) is 5.56 Å². The Labute approximate surface area is 165 Å². The molecule has 0 spiro atoms. The second kappa shape index (κ2) is 6.38. The molecule has 0 N–H and O–H groups in total. The van der Waals surface area contributed by atoms with Gasteiger partial charge < -0.3 is 0 Å². The largest absolute Gasteiger partial charge is 0.276 e. The molecule has 29 heavy (non-hydrogen) atoms. The zero-order valence-corrected chi connectivity index (χ0v) is 15.9. The van der Waals surface area contributed by atoms with Crippen LogP contribution < -0.4 is 5.56 Å². The van der Waals surface area contributed by atoms with Crippen molar-refractivity contribution < 1.29 is 4.39 Å². The third kappa shape index (κ3) is 2.81. The van der Waals surface area contributed by atoms with Crippen LogP contribution in [0.15, 0.2) is 71.9 Å². The Morgan fingerprint density at radius 2 is 1.83 bits per heavy atom. The Balaban J connectivity index is 1.89. The molecule has 0 bridgehead atoms. The average molecular weight is 384 g/mol. The fourth-order valence-electron chi connectivity index (χ4n) is 3.69. The zero-order valence-electron chi connectivity index (χ0n) is 15.9. The van der Waals surface area contributed by atoms with Crippen LogP contribution in [0.25, 0.3) is 38.6 Å². The SMILES string of the molecule is Cc1cc(-n2c(=O)ccc3cnc4ccc(-c5cnn(C)c5)cc4c32)ccc1F. The first-order valence-corrected chi connectivity index (χ1v) is 9.21. The van der Waals surface area contributed by atoms with E-state index in [1.54, 1.807) is 46.8 Å². The van der Waals surface area contributed by atoms with E-state index in [0.29, 0.717) is 11.3 Å². The van der Waals surface area contributed by atoms with Gasteiger partial charge in [-0.15, -0.1) is 0 Å². The number of aryl methyl sites for hydroxylation is 2. The second-order valence-corrected chi connectivity index (χ2v) is 7.14. The van der Waals surface area contributed by atoms with Crippen LogP contribution in [-0.2, 0) is 7.05 Å². The summed E-state index contributed by atoms with van der Waals surface area (Å²) >= 11 is 0. The van der Waals surface area contributed by atoms with Crippen LogP contribution >= 0.6 is 0 Å². The number of hydrogen-bond acceptors (Lipinski definition) is 3. The maximum atomic E-state index is 13.8. The Morgan fingerprint density at radius 1 is 0.966 bits per heavy atom. The molecule has 5 nitrogen and oxygen atoms in total. The van der Waals surface area contributed by atoms with Crippen molar-refractivity contribution in [3.05, 3.63) is 88.9 Å². The lowest BCUT2D eigenvalue weighted by atomic mass is 10.0. The maximum absolute atomic E-state index is 13.8. The van der Waals surface area contributed by atoms with Crippen molar-refractivity contribution in [2.45, 2.75) is 6.92 Å². The van der Waals surface area contributed by atoms with Gasteiger partial charge in [-0.3, -0.25) is 19.0 Å². The highest BCUT2D eigenvalue weighted by Gasteiger charge is 2.13. The Hall–Kier alpha value is -3.80.